The zero-order valence-corrected chi connectivity index (χ0v) is 15.2. The summed E-state index contributed by atoms with van der Waals surface area (Å²) in [7, 11) is 0. The van der Waals surface area contributed by atoms with Crippen molar-refractivity contribution in [2.24, 2.45) is 5.73 Å². The van der Waals surface area contributed by atoms with Gasteiger partial charge in [-0.3, -0.25) is 0 Å². The molecule has 0 saturated heterocycles. The van der Waals surface area contributed by atoms with Gasteiger partial charge < -0.3 is 14.9 Å². The summed E-state index contributed by atoms with van der Waals surface area (Å²) < 4.78 is 11.6. The fourth-order valence-corrected chi connectivity index (χ4v) is 4.19. The summed E-state index contributed by atoms with van der Waals surface area (Å²) in [4.78, 5) is 1.20. The van der Waals surface area contributed by atoms with Gasteiger partial charge in [0.25, 0.3) is 0 Å². The van der Waals surface area contributed by atoms with Gasteiger partial charge in [0.15, 0.2) is 0 Å². The van der Waals surface area contributed by atoms with Crippen molar-refractivity contribution in [1.82, 2.24) is 0 Å². The normalized spacial score (nSPS) is 13.6. The third kappa shape index (κ3) is 3.11. The van der Waals surface area contributed by atoms with Crippen molar-refractivity contribution in [1.29, 1.82) is 0 Å². The van der Waals surface area contributed by atoms with Crippen molar-refractivity contribution in [2.75, 3.05) is 19.8 Å². The van der Waals surface area contributed by atoms with Crippen LogP contribution < -0.4 is 11.0 Å². The summed E-state index contributed by atoms with van der Waals surface area (Å²) in [5.41, 5.74) is 7.55. The highest BCUT2D eigenvalue weighted by Gasteiger charge is 2.14. The molecule has 0 fully saturated rings. The molecule has 0 unspecified atom stereocenters. The second-order valence-corrected chi connectivity index (χ2v) is 7.29. The van der Waals surface area contributed by atoms with E-state index in [1.807, 2.05) is 0 Å². The SMILES string of the molecule is NCCCOCC1=c2c(cccc3c2cc2c(Cl)ccoc23)C=CS1. The Labute approximate surface area is 155 Å². The van der Waals surface area contributed by atoms with Crippen molar-refractivity contribution >= 4 is 56.1 Å². The first-order valence-electron chi connectivity index (χ1n) is 8.22. The van der Waals surface area contributed by atoms with Crippen LogP contribution in [0.15, 0.2) is 46.4 Å². The van der Waals surface area contributed by atoms with Gasteiger partial charge in [-0.1, -0.05) is 41.6 Å². The Kier molecular flexibility index (Phi) is 4.86. The monoisotopic (exact) mass is 371 g/mol. The summed E-state index contributed by atoms with van der Waals surface area (Å²) in [5.74, 6) is 0. The predicted molar refractivity (Wildman–Crippen MR) is 107 cm³/mol. The Hall–Kier alpha value is -1.72. The molecule has 3 nitrogen and oxygen atoms in total. The van der Waals surface area contributed by atoms with Gasteiger partial charge in [-0.05, 0) is 47.5 Å². The quantitative estimate of drug-likeness (QED) is 0.660. The molecular formula is C20H18ClNO2S. The summed E-state index contributed by atoms with van der Waals surface area (Å²) >= 11 is 8.08. The number of rotatable bonds is 5. The zero-order valence-electron chi connectivity index (χ0n) is 13.6. The third-order valence-corrected chi connectivity index (χ3v) is 5.49. The van der Waals surface area contributed by atoms with Gasteiger partial charge >= 0.3 is 0 Å². The lowest BCUT2D eigenvalue weighted by molar-refractivity contribution is 0.167. The Bertz CT molecular complexity index is 1040. The van der Waals surface area contributed by atoms with E-state index in [4.69, 9.17) is 26.5 Å². The number of ether oxygens (including phenoxy) is 1. The van der Waals surface area contributed by atoms with E-state index in [0.717, 1.165) is 28.2 Å². The van der Waals surface area contributed by atoms with Gasteiger partial charge in [0.05, 0.1) is 17.9 Å². The number of halogens is 1. The smallest absolute Gasteiger partial charge is 0.143 e. The molecule has 1 aliphatic heterocycles. The fraction of sp³-hybridized carbons (Fsp3) is 0.200. The fourth-order valence-electron chi connectivity index (χ4n) is 3.13. The standard InChI is InChI=1S/C20H18ClNO2S/c21-17-5-9-24-20-14-4-1-3-13-6-10-25-18(12-23-8-2-7-22)19(13)15(14)11-16(17)20/h1,3-6,9-11H,2,7-8,12,22H2. The maximum absolute atomic E-state index is 6.38. The van der Waals surface area contributed by atoms with E-state index in [2.05, 4.69) is 35.7 Å². The maximum atomic E-state index is 6.38. The minimum absolute atomic E-state index is 0.577. The molecule has 0 atom stereocenters. The van der Waals surface area contributed by atoms with Gasteiger partial charge in [-0.2, -0.15) is 0 Å². The van der Waals surface area contributed by atoms with Crippen LogP contribution in [0.4, 0.5) is 0 Å². The van der Waals surface area contributed by atoms with Crippen molar-refractivity contribution in [2.45, 2.75) is 6.42 Å². The van der Waals surface area contributed by atoms with Crippen LogP contribution in [0.1, 0.15) is 12.0 Å². The third-order valence-electron chi connectivity index (χ3n) is 4.29. The molecule has 0 radical (unpaired) electrons. The van der Waals surface area contributed by atoms with Crippen LogP contribution in [-0.4, -0.2) is 19.8 Å². The van der Waals surface area contributed by atoms with Crippen molar-refractivity contribution in [3.63, 3.8) is 0 Å². The molecule has 25 heavy (non-hydrogen) atoms. The minimum Gasteiger partial charge on any atom is -0.464 e. The molecule has 1 aliphatic rings. The number of thioether (sulfide) groups is 1. The first-order valence-corrected chi connectivity index (χ1v) is 9.48. The first kappa shape index (κ1) is 16.7. The highest BCUT2D eigenvalue weighted by atomic mass is 35.5. The second kappa shape index (κ2) is 7.26. The number of hydrogen-bond donors (Lipinski definition) is 1. The lowest BCUT2D eigenvalue weighted by Gasteiger charge is -2.11. The van der Waals surface area contributed by atoms with E-state index < -0.39 is 0 Å². The van der Waals surface area contributed by atoms with Crippen LogP contribution in [0.3, 0.4) is 0 Å². The minimum atomic E-state index is 0.577. The lowest BCUT2D eigenvalue weighted by atomic mass is 10.1. The molecule has 128 valence electrons. The highest BCUT2D eigenvalue weighted by molar-refractivity contribution is 8.10. The molecule has 2 N–H and O–H groups in total. The van der Waals surface area contributed by atoms with E-state index in [-0.39, 0.29) is 0 Å². The van der Waals surface area contributed by atoms with Crippen molar-refractivity contribution in [3.8, 4) is 0 Å². The van der Waals surface area contributed by atoms with Crippen molar-refractivity contribution < 1.29 is 9.15 Å². The summed E-state index contributed by atoms with van der Waals surface area (Å²) in [6.07, 6.45) is 4.64. The first-order chi connectivity index (χ1) is 12.3. The molecule has 2 heterocycles. The van der Waals surface area contributed by atoms with Crippen LogP contribution in [0.2, 0.25) is 5.02 Å². The molecule has 4 rings (SSSR count). The highest BCUT2D eigenvalue weighted by Crippen LogP contribution is 2.33. The zero-order chi connectivity index (χ0) is 17.2. The van der Waals surface area contributed by atoms with E-state index in [1.54, 1.807) is 24.1 Å². The van der Waals surface area contributed by atoms with Gasteiger partial charge in [-0.15, -0.1) is 0 Å². The van der Waals surface area contributed by atoms with Crippen LogP contribution in [-0.2, 0) is 4.74 Å². The molecule has 5 heteroatoms. The van der Waals surface area contributed by atoms with Crippen LogP contribution in [0.25, 0.3) is 32.7 Å². The number of fused-ring (bicyclic) bond motifs is 5. The summed E-state index contributed by atoms with van der Waals surface area (Å²) in [6, 6.07) is 10.2. The predicted octanol–water partition coefficient (Wildman–Crippen LogP) is 4.71. The number of nitrogens with two attached hydrogens (primary N) is 1. The molecule has 0 spiro atoms. The molecule has 2 aromatic carbocycles. The lowest BCUT2D eigenvalue weighted by Crippen LogP contribution is -2.14. The van der Waals surface area contributed by atoms with E-state index in [9.17, 15) is 0 Å². The second-order valence-electron chi connectivity index (χ2n) is 5.88. The average molecular weight is 372 g/mol. The molecule has 0 aliphatic carbocycles. The molecule has 1 aromatic heterocycles. The van der Waals surface area contributed by atoms with Crippen LogP contribution in [0.5, 0.6) is 0 Å². The average Bonchev–Trinajstić information content (AvgIpc) is 2.88. The Morgan fingerprint density at radius 3 is 2.96 bits per heavy atom. The number of hydrogen-bond acceptors (Lipinski definition) is 4. The molecular weight excluding hydrogens is 354 g/mol. The molecule has 3 aromatic rings. The van der Waals surface area contributed by atoms with Gasteiger partial charge in [0.2, 0.25) is 0 Å². The van der Waals surface area contributed by atoms with Gasteiger partial charge in [0, 0.05) is 27.5 Å². The van der Waals surface area contributed by atoms with Crippen LogP contribution >= 0.6 is 23.4 Å². The topological polar surface area (TPSA) is 48.4 Å². The summed E-state index contributed by atoms with van der Waals surface area (Å²) in [5, 5.41) is 7.15. The maximum Gasteiger partial charge on any atom is 0.143 e. The Balaban J connectivity index is 1.98. The molecule has 0 amide bonds. The molecule has 0 bridgehead atoms. The van der Waals surface area contributed by atoms with Crippen LogP contribution in [0, 0.1) is 0 Å². The van der Waals surface area contributed by atoms with Crippen molar-refractivity contribution in [3.05, 3.63) is 57.8 Å². The van der Waals surface area contributed by atoms with E-state index in [1.165, 1.54) is 15.7 Å². The summed E-state index contributed by atoms with van der Waals surface area (Å²) in [6.45, 7) is 1.89. The van der Waals surface area contributed by atoms with E-state index >= 15 is 0 Å². The Morgan fingerprint density at radius 2 is 2.08 bits per heavy atom. The Morgan fingerprint density at radius 1 is 1.16 bits per heavy atom. The van der Waals surface area contributed by atoms with Gasteiger partial charge in [0.1, 0.15) is 5.58 Å². The largest absolute Gasteiger partial charge is 0.464 e. The van der Waals surface area contributed by atoms with Gasteiger partial charge in [-0.25, -0.2) is 0 Å². The molecule has 0 saturated carbocycles. The van der Waals surface area contributed by atoms with E-state index in [0.29, 0.717) is 24.8 Å².